The van der Waals surface area contributed by atoms with Crippen LogP contribution in [0.15, 0.2) is 115 Å². The molecule has 58 heavy (non-hydrogen) atoms. The number of hydrogen-bond donors (Lipinski definition) is 3. The largest absolute Gasteiger partial charge is 0.504 e. The predicted octanol–water partition coefficient (Wildman–Crippen LogP) is 6.94. The number of hydrogen-bond acceptors (Lipinski definition) is 8. The minimum Gasteiger partial charge on any atom is -0.504 e. The number of likely N-dealkylation sites (tertiary alicyclic amines) is 2. The number of Topliss-reactive ketones (excluding diaryl/α,β-unsaturated/α-hetero) is 1. The number of nitrogens with zero attached hydrogens (tertiary/aromatic N) is 3. The van der Waals surface area contributed by atoms with Gasteiger partial charge < -0.3 is 35.4 Å². The quantitative estimate of drug-likeness (QED) is 0.130. The van der Waals surface area contributed by atoms with E-state index in [1.165, 1.54) is 16.7 Å². The maximum atomic E-state index is 12.5. The normalized spacial score (nSPS) is 25.1. The van der Waals surface area contributed by atoms with Crippen LogP contribution in [-0.2, 0) is 23.1 Å². The first kappa shape index (κ1) is 41.4. The monoisotopic (exact) mass is 784 g/mol. The Morgan fingerprint density at radius 1 is 0.914 bits per heavy atom. The van der Waals surface area contributed by atoms with E-state index < -0.39 is 12.1 Å². The number of carbonyl (C=O) groups excluding carboxylic acids is 2. The number of benzene rings is 4. The Morgan fingerprint density at radius 3 is 2.22 bits per heavy atom. The fraction of sp³-hybridized carbons (Fsp3) is 0.429. The number of carbonyl (C=O) groups is 2. The second-order valence-electron chi connectivity index (χ2n) is 16.6. The zero-order chi connectivity index (χ0) is 40.8. The number of rotatable bonds is 8. The van der Waals surface area contributed by atoms with Gasteiger partial charge in [-0.15, -0.1) is 0 Å². The molecule has 306 valence electrons. The van der Waals surface area contributed by atoms with Gasteiger partial charge in [-0.3, -0.25) is 9.59 Å². The van der Waals surface area contributed by atoms with Crippen molar-refractivity contribution in [3.05, 3.63) is 138 Å². The number of amides is 1. The number of ketones is 1. The lowest BCUT2D eigenvalue weighted by Crippen LogP contribution is -2.58. The maximum Gasteiger partial charge on any atom is 0.226 e. The van der Waals surface area contributed by atoms with Crippen LogP contribution in [0.2, 0.25) is 0 Å². The molecule has 2 bridgehead atoms. The molecular weight excluding hydrogens is 725 g/mol. The molecule has 0 radical (unpaired) electrons. The minimum absolute atomic E-state index is 0.00870. The molecule has 9 nitrogen and oxygen atoms in total. The van der Waals surface area contributed by atoms with Crippen LogP contribution < -0.4 is 15.4 Å². The van der Waals surface area contributed by atoms with Crippen molar-refractivity contribution in [2.75, 3.05) is 38.1 Å². The Kier molecular flexibility index (Phi) is 13.1. The average Bonchev–Trinajstić information content (AvgIpc) is 3.58. The molecule has 4 aromatic rings. The van der Waals surface area contributed by atoms with Crippen LogP contribution in [0, 0.1) is 5.92 Å². The summed E-state index contributed by atoms with van der Waals surface area (Å²) in [4.78, 5) is 30.8. The van der Waals surface area contributed by atoms with Gasteiger partial charge in [0.1, 0.15) is 12.2 Å². The third-order valence-electron chi connectivity index (χ3n) is 12.9. The fourth-order valence-corrected chi connectivity index (χ4v) is 10.0. The Morgan fingerprint density at radius 2 is 1.57 bits per heavy atom. The lowest BCUT2D eigenvalue weighted by Gasteiger charge is -2.50. The number of aliphatic hydroxyl groups is 1. The van der Waals surface area contributed by atoms with Gasteiger partial charge in [0, 0.05) is 66.3 Å². The van der Waals surface area contributed by atoms with Crippen LogP contribution in [0.25, 0.3) is 0 Å². The van der Waals surface area contributed by atoms with Crippen molar-refractivity contribution >= 4 is 17.4 Å². The second-order valence-corrected chi connectivity index (χ2v) is 16.6. The van der Waals surface area contributed by atoms with Gasteiger partial charge in [-0.1, -0.05) is 104 Å². The SMILES string of the molecule is CCC(=O)N(c1ccccc1)C1CCN(CCc2ccccc2)CC1.CN1CCC[C@]23c4c5ccc(O)c4O[C@H]2[C@@H](O)C=C[C@H]3[C@H]1C5.C[C@H](N)C(=O)c1ccccc1. The van der Waals surface area contributed by atoms with Gasteiger partial charge in [0.05, 0.1) is 6.04 Å². The second kappa shape index (κ2) is 18.4. The molecule has 1 spiro atoms. The van der Waals surface area contributed by atoms with E-state index in [0.29, 0.717) is 35.7 Å². The van der Waals surface area contributed by atoms with Crippen LogP contribution in [0.4, 0.5) is 5.69 Å². The highest BCUT2D eigenvalue weighted by molar-refractivity contribution is 5.99. The third-order valence-corrected chi connectivity index (χ3v) is 12.9. The molecular formula is C49H60N4O5. The van der Waals surface area contributed by atoms with Crippen molar-refractivity contribution in [1.82, 2.24) is 9.80 Å². The van der Waals surface area contributed by atoms with Crippen molar-refractivity contribution in [2.45, 2.75) is 94.5 Å². The molecule has 2 saturated heterocycles. The highest BCUT2D eigenvalue weighted by Crippen LogP contribution is 2.62. The molecule has 5 aliphatic rings. The summed E-state index contributed by atoms with van der Waals surface area (Å²) in [7, 11) is 2.21. The van der Waals surface area contributed by atoms with Crippen LogP contribution in [0.3, 0.4) is 0 Å². The predicted molar refractivity (Wildman–Crippen MR) is 230 cm³/mol. The van der Waals surface area contributed by atoms with E-state index in [1.807, 2.05) is 54.3 Å². The first-order valence-corrected chi connectivity index (χ1v) is 21.2. The summed E-state index contributed by atoms with van der Waals surface area (Å²) in [5.41, 5.74) is 10.8. The summed E-state index contributed by atoms with van der Waals surface area (Å²) < 4.78 is 6.14. The number of phenols is 1. The molecule has 3 aliphatic heterocycles. The zero-order valence-electron chi connectivity index (χ0n) is 34.3. The summed E-state index contributed by atoms with van der Waals surface area (Å²) in [5, 5.41) is 20.8. The zero-order valence-corrected chi connectivity index (χ0v) is 34.3. The van der Waals surface area contributed by atoms with Crippen molar-refractivity contribution < 1.29 is 24.5 Å². The molecule has 9 heteroatoms. The lowest BCUT2D eigenvalue weighted by atomic mass is 9.55. The van der Waals surface area contributed by atoms with Crippen LogP contribution in [-0.4, -0.2) is 95.3 Å². The number of aliphatic hydroxyl groups excluding tert-OH is 1. The number of aromatic hydroxyl groups is 1. The molecule has 1 amide bonds. The van der Waals surface area contributed by atoms with Gasteiger partial charge in [-0.2, -0.15) is 0 Å². The van der Waals surface area contributed by atoms with Crippen molar-refractivity contribution in [3.8, 4) is 11.5 Å². The number of ether oxygens (including phenoxy) is 1. The van der Waals surface area contributed by atoms with E-state index in [9.17, 15) is 19.8 Å². The number of anilines is 1. The first-order chi connectivity index (χ1) is 28.1. The highest BCUT2D eigenvalue weighted by Gasteiger charge is 2.63. The maximum absolute atomic E-state index is 12.5. The van der Waals surface area contributed by atoms with Gasteiger partial charge >= 0.3 is 0 Å². The molecule has 0 saturated carbocycles. The van der Waals surface area contributed by atoms with Crippen LogP contribution in [0.5, 0.6) is 11.5 Å². The molecule has 9 rings (SSSR count). The number of phenolic OH excluding ortho intramolecular Hbond substituents is 1. The number of nitrogens with two attached hydrogens (primary N) is 1. The molecule has 3 heterocycles. The number of piperidine rings is 1. The molecule has 6 atom stereocenters. The van der Waals surface area contributed by atoms with Crippen molar-refractivity contribution in [3.63, 3.8) is 0 Å². The molecule has 2 aliphatic carbocycles. The first-order valence-electron chi connectivity index (χ1n) is 21.2. The van der Waals surface area contributed by atoms with Crippen LogP contribution in [0.1, 0.15) is 73.0 Å². The minimum atomic E-state index is -0.599. The summed E-state index contributed by atoms with van der Waals surface area (Å²) in [6.07, 6.45) is 10.1. The van der Waals surface area contributed by atoms with Gasteiger partial charge in [0.25, 0.3) is 0 Å². The van der Waals surface area contributed by atoms with E-state index in [4.69, 9.17) is 10.5 Å². The van der Waals surface area contributed by atoms with E-state index in [2.05, 4.69) is 71.5 Å². The fourth-order valence-electron chi connectivity index (χ4n) is 10.0. The van der Waals surface area contributed by atoms with Gasteiger partial charge in [-0.05, 0) is 88.4 Å². The summed E-state index contributed by atoms with van der Waals surface area (Å²) in [6, 6.07) is 34.0. The Balaban J connectivity index is 0.000000142. The van der Waals surface area contributed by atoms with Gasteiger partial charge in [-0.25, -0.2) is 0 Å². The lowest BCUT2D eigenvalue weighted by molar-refractivity contribution is -0.119. The number of likely N-dealkylation sites (N-methyl/N-ethyl adjacent to an activating group) is 1. The summed E-state index contributed by atoms with van der Waals surface area (Å²) >= 11 is 0. The average molecular weight is 785 g/mol. The van der Waals surface area contributed by atoms with E-state index in [-0.39, 0.29) is 29.0 Å². The Bertz CT molecular complexity index is 2020. The smallest absolute Gasteiger partial charge is 0.226 e. The highest BCUT2D eigenvalue weighted by atomic mass is 16.5. The topological polar surface area (TPSA) is 120 Å². The molecule has 0 aromatic heterocycles. The number of para-hydroxylation sites is 1. The van der Waals surface area contributed by atoms with Gasteiger partial charge in [0.2, 0.25) is 5.91 Å². The molecule has 0 unspecified atom stereocenters. The standard InChI is InChI=1S/C22H28N2O.C18H21NO3.C9H11NO/c1-2-22(25)24(20-11-7-4-8-12-20)21-14-17-23(18-15-21)16-13-19-9-5-3-6-10-19;1-19-8-2-7-18-11-4-6-14(21)17(18)22-16-13(20)5-3-10(15(16)18)9-12(11)19;1-7(10)9(11)8-5-3-2-4-6-8/h3-12,21H,2,13-18H2,1H3;3-6,11-12,14,17,20-21H,2,7-9H2,1H3;2-7H,10H2,1H3/t;11-,12+,14-,17-,18-;7-/m.00/s1. The van der Waals surface area contributed by atoms with E-state index >= 15 is 0 Å². The van der Waals surface area contributed by atoms with Crippen LogP contribution >= 0.6 is 0 Å². The molecule has 2 fully saturated rings. The third kappa shape index (κ3) is 8.50. The van der Waals surface area contributed by atoms with E-state index in [0.717, 1.165) is 70.4 Å². The molecule has 4 aromatic carbocycles. The van der Waals surface area contributed by atoms with Crippen molar-refractivity contribution in [2.24, 2.45) is 11.7 Å². The summed E-state index contributed by atoms with van der Waals surface area (Å²) in [5.74, 6) is 1.41. The van der Waals surface area contributed by atoms with Crippen molar-refractivity contribution in [1.29, 1.82) is 0 Å². The van der Waals surface area contributed by atoms with E-state index in [1.54, 1.807) is 25.1 Å². The summed E-state index contributed by atoms with van der Waals surface area (Å²) in [6.45, 7) is 7.96. The molecule has 4 N–H and O–H groups in total. The Labute approximate surface area is 344 Å². The van der Waals surface area contributed by atoms with Gasteiger partial charge in [0.15, 0.2) is 17.3 Å². The Hall–Kier alpha value is -4.80.